The van der Waals surface area contributed by atoms with E-state index >= 15 is 0 Å². The number of methoxy groups -OCH3 is 2. The molecule has 9 heteroatoms. The summed E-state index contributed by atoms with van der Waals surface area (Å²) in [6.07, 6.45) is 0. The number of thioether (sulfide) groups is 1. The van der Waals surface area contributed by atoms with Gasteiger partial charge in [-0.05, 0) is 43.3 Å². The van der Waals surface area contributed by atoms with E-state index in [1.165, 1.54) is 37.3 Å². The third-order valence-corrected chi connectivity index (χ3v) is 7.12. The van der Waals surface area contributed by atoms with Gasteiger partial charge in [-0.25, -0.2) is 4.98 Å². The summed E-state index contributed by atoms with van der Waals surface area (Å²) in [4.78, 5) is 31.0. The van der Waals surface area contributed by atoms with Crippen molar-refractivity contribution in [2.45, 2.75) is 17.1 Å². The second-order valence-corrected chi connectivity index (χ2v) is 9.94. The molecule has 2 N–H and O–H groups in total. The minimum atomic E-state index is -0.340. The van der Waals surface area contributed by atoms with Gasteiger partial charge in [0.2, 0.25) is 5.91 Å². The highest BCUT2D eigenvalue weighted by Crippen LogP contribution is 2.31. The van der Waals surface area contributed by atoms with E-state index in [0.717, 1.165) is 16.2 Å². The Hall–Kier alpha value is -3.82. The van der Waals surface area contributed by atoms with Crippen molar-refractivity contribution >= 4 is 45.7 Å². The first-order valence-corrected chi connectivity index (χ1v) is 12.8. The van der Waals surface area contributed by atoms with Crippen LogP contribution in [0.2, 0.25) is 0 Å². The molecular formula is C27H25N3O4S2. The van der Waals surface area contributed by atoms with Gasteiger partial charge in [-0.3, -0.25) is 9.59 Å². The molecule has 2 amide bonds. The Morgan fingerprint density at radius 1 is 0.889 bits per heavy atom. The predicted molar refractivity (Wildman–Crippen MR) is 145 cm³/mol. The lowest BCUT2D eigenvalue weighted by Crippen LogP contribution is -2.22. The van der Waals surface area contributed by atoms with Crippen molar-refractivity contribution < 1.29 is 19.1 Å². The van der Waals surface area contributed by atoms with E-state index in [1.54, 1.807) is 30.3 Å². The Bertz CT molecular complexity index is 1320. The van der Waals surface area contributed by atoms with Gasteiger partial charge in [0.15, 0.2) is 5.13 Å². The smallest absolute Gasteiger partial charge is 0.263 e. The Balaban J connectivity index is 1.35. The van der Waals surface area contributed by atoms with Crippen LogP contribution in [0.25, 0.3) is 11.3 Å². The molecule has 1 aromatic heterocycles. The van der Waals surface area contributed by atoms with Crippen LogP contribution in [0.5, 0.6) is 11.5 Å². The molecule has 0 aliphatic heterocycles. The van der Waals surface area contributed by atoms with Gasteiger partial charge in [-0.1, -0.05) is 36.4 Å². The van der Waals surface area contributed by atoms with E-state index < -0.39 is 0 Å². The van der Waals surface area contributed by atoms with Crippen LogP contribution in [0.1, 0.15) is 17.3 Å². The van der Waals surface area contributed by atoms with Crippen molar-refractivity contribution in [1.82, 2.24) is 4.98 Å². The van der Waals surface area contributed by atoms with Crippen LogP contribution in [0, 0.1) is 0 Å². The molecular weight excluding hydrogens is 494 g/mol. The first-order chi connectivity index (χ1) is 17.5. The molecule has 0 bridgehead atoms. The third kappa shape index (κ3) is 6.05. The Labute approximate surface area is 217 Å². The van der Waals surface area contributed by atoms with E-state index in [1.807, 2.05) is 54.8 Å². The van der Waals surface area contributed by atoms with Crippen LogP contribution in [0.3, 0.4) is 0 Å². The largest absolute Gasteiger partial charge is 0.496 e. The minimum Gasteiger partial charge on any atom is -0.496 e. The number of nitrogens with one attached hydrogen (secondary N) is 2. The van der Waals surface area contributed by atoms with Gasteiger partial charge in [0.1, 0.15) is 17.1 Å². The molecule has 3 aromatic carbocycles. The summed E-state index contributed by atoms with van der Waals surface area (Å²) < 4.78 is 10.6. The summed E-state index contributed by atoms with van der Waals surface area (Å²) in [5, 5.41) is 7.91. The first-order valence-electron chi connectivity index (χ1n) is 11.1. The first kappa shape index (κ1) is 25.3. The van der Waals surface area contributed by atoms with Crippen molar-refractivity contribution in [2.75, 3.05) is 24.9 Å². The molecule has 4 rings (SSSR count). The third-order valence-electron chi connectivity index (χ3n) is 5.25. The normalized spacial score (nSPS) is 11.4. The monoisotopic (exact) mass is 519 g/mol. The molecule has 1 unspecified atom stereocenters. The number of carbonyl (C=O) groups is 2. The number of thiazole rings is 1. The number of hydrogen-bond acceptors (Lipinski definition) is 7. The van der Waals surface area contributed by atoms with Crippen LogP contribution in [0.4, 0.5) is 10.8 Å². The topological polar surface area (TPSA) is 89.5 Å². The van der Waals surface area contributed by atoms with Crippen LogP contribution < -0.4 is 20.1 Å². The van der Waals surface area contributed by atoms with Gasteiger partial charge in [-0.2, -0.15) is 0 Å². The molecule has 0 radical (unpaired) electrons. The van der Waals surface area contributed by atoms with Gasteiger partial charge in [0.05, 0.1) is 25.2 Å². The van der Waals surface area contributed by atoms with Crippen molar-refractivity contribution in [3.05, 3.63) is 83.7 Å². The lowest BCUT2D eigenvalue weighted by molar-refractivity contribution is -0.115. The number of anilines is 2. The van der Waals surface area contributed by atoms with Crippen LogP contribution >= 0.6 is 23.1 Å². The molecule has 184 valence electrons. The quantitative estimate of drug-likeness (QED) is 0.256. The zero-order valence-corrected chi connectivity index (χ0v) is 21.6. The van der Waals surface area contributed by atoms with E-state index in [9.17, 15) is 9.59 Å². The molecule has 0 saturated heterocycles. The van der Waals surface area contributed by atoms with Gasteiger partial charge < -0.3 is 20.1 Å². The molecule has 0 spiro atoms. The van der Waals surface area contributed by atoms with E-state index in [2.05, 4.69) is 15.6 Å². The maximum atomic E-state index is 12.9. The van der Waals surface area contributed by atoms with E-state index in [0.29, 0.717) is 27.9 Å². The lowest BCUT2D eigenvalue weighted by atomic mass is 10.1. The molecule has 1 atom stereocenters. The molecule has 0 aliphatic carbocycles. The Morgan fingerprint density at radius 2 is 1.56 bits per heavy atom. The molecule has 36 heavy (non-hydrogen) atoms. The summed E-state index contributed by atoms with van der Waals surface area (Å²) >= 11 is 2.82. The SMILES string of the molecule is COc1cccc(OC)c1C(=O)Nc1ccc(SC(C)C(=O)Nc2nc(-c3ccccc3)cs2)cc1. The van der Waals surface area contributed by atoms with Crippen molar-refractivity contribution in [2.24, 2.45) is 0 Å². The highest BCUT2D eigenvalue weighted by molar-refractivity contribution is 8.00. The van der Waals surface area contributed by atoms with Gasteiger partial charge >= 0.3 is 0 Å². The summed E-state index contributed by atoms with van der Waals surface area (Å²) in [6.45, 7) is 1.84. The molecule has 0 fully saturated rings. The van der Waals surface area contributed by atoms with Crippen molar-refractivity contribution in [1.29, 1.82) is 0 Å². The van der Waals surface area contributed by atoms with Gasteiger partial charge in [0.25, 0.3) is 5.91 Å². The predicted octanol–water partition coefficient (Wildman–Crippen LogP) is 6.20. The van der Waals surface area contributed by atoms with Crippen molar-refractivity contribution in [3.63, 3.8) is 0 Å². The fraction of sp³-hybridized carbons (Fsp3) is 0.148. The van der Waals surface area contributed by atoms with Gasteiger partial charge in [-0.15, -0.1) is 23.1 Å². The fourth-order valence-corrected chi connectivity index (χ4v) is 5.01. The highest BCUT2D eigenvalue weighted by Gasteiger charge is 2.19. The standard InChI is InChI=1S/C27H25N3O4S2/c1-17(25(31)30-27-29-21(16-35-27)18-8-5-4-6-9-18)36-20-14-12-19(13-15-20)28-26(32)24-22(33-2)10-7-11-23(24)34-3/h4-17H,1-3H3,(H,28,32)(H,29,30,31). The average molecular weight is 520 g/mol. The lowest BCUT2D eigenvalue weighted by Gasteiger charge is -2.14. The Kier molecular flexibility index (Phi) is 8.24. The number of carbonyl (C=O) groups excluding carboxylic acids is 2. The average Bonchev–Trinajstić information content (AvgIpc) is 3.38. The Morgan fingerprint density at radius 3 is 2.19 bits per heavy atom. The van der Waals surface area contributed by atoms with Crippen LogP contribution in [-0.2, 0) is 4.79 Å². The molecule has 1 heterocycles. The number of rotatable bonds is 9. The summed E-state index contributed by atoms with van der Waals surface area (Å²) in [6, 6.07) is 22.3. The molecule has 0 saturated carbocycles. The van der Waals surface area contributed by atoms with Crippen molar-refractivity contribution in [3.8, 4) is 22.8 Å². The van der Waals surface area contributed by atoms with E-state index in [-0.39, 0.29) is 17.1 Å². The molecule has 4 aromatic rings. The fourth-order valence-electron chi connectivity index (χ4n) is 3.42. The number of benzene rings is 3. The maximum absolute atomic E-state index is 12.9. The minimum absolute atomic E-state index is 0.130. The summed E-state index contributed by atoms with van der Waals surface area (Å²) in [5.74, 6) is 0.385. The second kappa shape index (κ2) is 11.7. The molecule has 0 aliphatic rings. The summed E-state index contributed by atoms with van der Waals surface area (Å²) in [5.41, 5.74) is 2.78. The van der Waals surface area contributed by atoms with E-state index in [4.69, 9.17) is 9.47 Å². The zero-order valence-electron chi connectivity index (χ0n) is 20.0. The number of ether oxygens (including phenoxy) is 2. The number of amides is 2. The molecule has 7 nitrogen and oxygen atoms in total. The zero-order chi connectivity index (χ0) is 25.5. The highest BCUT2D eigenvalue weighted by atomic mass is 32.2. The van der Waals surface area contributed by atoms with Crippen LogP contribution in [-0.4, -0.2) is 36.3 Å². The maximum Gasteiger partial charge on any atom is 0.263 e. The summed E-state index contributed by atoms with van der Waals surface area (Å²) in [7, 11) is 3.01. The number of nitrogens with zero attached hydrogens (tertiary/aromatic N) is 1. The number of aromatic nitrogens is 1. The second-order valence-electron chi connectivity index (χ2n) is 7.67. The van der Waals surface area contributed by atoms with Crippen LogP contribution in [0.15, 0.2) is 83.1 Å². The number of hydrogen-bond donors (Lipinski definition) is 2. The van der Waals surface area contributed by atoms with Gasteiger partial charge in [0, 0.05) is 21.5 Å².